The summed E-state index contributed by atoms with van der Waals surface area (Å²) in [5.74, 6) is -0.0322. The highest BCUT2D eigenvalue weighted by molar-refractivity contribution is 7.80. The highest BCUT2D eigenvalue weighted by Gasteiger charge is 2.24. The number of nitrogens with two attached hydrogens (primary N) is 1. The summed E-state index contributed by atoms with van der Waals surface area (Å²) >= 11 is 11.3. The molecule has 0 radical (unpaired) electrons. The molecule has 5 nitrogen and oxygen atoms in total. The Morgan fingerprint density at radius 3 is 2.95 bits per heavy atom. The number of hydrogen-bond donors (Lipinski definition) is 3. The number of guanidine groups is 1. The number of hydrogen-bond acceptors (Lipinski definition) is 3. The highest BCUT2D eigenvalue weighted by Crippen LogP contribution is 2.19. The number of aryl methyl sites for hydroxylation is 1. The molecule has 1 aromatic heterocycles. The van der Waals surface area contributed by atoms with Gasteiger partial charge in [-0.05, 0) is 50.0 Å². The fourth-order valence-corrected chi connectivity index (χ4v) is 2.39. The summed E-state index contributed by atoms with van der Waals surface area (Å²) in [7, 11) is 0. The number of aromatic nitrogens is 1. The van der Waals surface area contributed by atoms with Gasteiger partial charge in [-0.15, -0.1) is 0 Å². The van der Waals surface area contributed by atoms with E-state index in [0.717, 1.165) is 31.4 Å². The molecule has 4 N–H and O–H groups in total. The predicted octanol–water partition coefficient (Wildman–Crippen LogP) is 1.90. The molecule has 0 saturated heterocycles. The van der Waals surface area contributed by atoms with Gasteiger partial charge in [-0.2, -0.15) is 0 Å². The van der Waals surface area contributed by atoms with E-state index in [0.29, 0.717) is 22.7 Å². The van der Waals surface area contributed by atoms with Crippen LogP contribution in [0.5, 0.6) is 0 Å². The molecule has 1 aliphatic rings. The number of halogens is 1. The first-order chi connectivity index (χ1) is 9.58. The van der Waals surface area contributed by atoms with Crippen LogP contribution < -0.4 is 11.1 Å². The molecular weight excluding hydrogens is 294 g/mol. The Balaban J connectivity index is 1.84. The zero-order valence-electron chi connectivity index (χ0n) is 11.1. The number of nitrogens with one attached hydrogen (secondary N) is 2. The van der Waals surface area contributed by atoms with E-state index in [-0.39, 0.29) is 5.96 Å². The topological polar surface area (TPSA) is 78.0 Å². The van der Waals surface area contributed by atoms with E-state index < -0.39 is 0 Å². The number of rotatable bonds is 5. The van der Waals surface area contributed by atoms with Crippen molar-refractivity contribution in [2.75, 3.05) is 6.54 Å². The minimum absolute atomic E-state index is 0.0322. The van der Waals surface area contributed by atoms with Crippen molar-refractivity contribution in [1.82, 2.24) is 15.2 Å². The fourth-order valence-electron chi connectivity index (χ4n) is 1.82. The summed E-state index contributed by atoms with van der Waals surface area (Å²) in [6, 6.07) is 4.09. The van der Waals surface area contributed by atoms with Crippen LogP contribution in [0.1, 0.15) is 25.0 Å². The summed E-state index contributed by atoms with van der Waals surface area (Å²) in [6.45, 7) is 0.584. The molecule has 0 amide bonds. The first-order valence-electron chi connectivity index (χ1n) is 6.59. The second-order valence-electron chi connectivity index (χ2n) is 4.80. The molecule has 7 heteroatoms. The lowest BCUT2D eigenvalue weighted by molar-refractivity contribution is 0.550. The van der Waals surface area contributed by atoms with E-state index in [9.17, 15) is 0 Å². The molecule has 1 saturated carbocycles. The summed E-state index contributed by atoms with van der Waals surface area (Å²) in [6.07, 6.45) is 5.51. The SMILES string of the molecule is N=C(N)N(CCCc1ncccc1Cl)C(=S)NC1CC1. The lowest BCUT2D eigenvalue weighted by atomic mass is 10.2. The van der Waals surface area contributed by atoms with E-state index in [2.05, 4.69) is 10.3 Å². The van der Waals surface area contributed by atoms with Gasteiger partial charge in [-0.3, -0.25) is 15.3 Å². The van der Waals surface area contributed by atoms with Crippen LogP contribution in [0.15, 0.2) is 18.3 Å². The minimum Gasteiger partial charge on any atom is -0.370 e. The van der Waals surface area contributed by atoms with Crippen molar-refractivity contribution in [3.05, 3.63) is 29.0 Å². The first-order valence-corrected chi connectivity index (χ1v) is 7.38. The fraction of sp³-hybridized carbons (Fsp3) is 0.462. The smallest absolute Gasteiger partial charge is 0.194 e. The Kier molecular flexibility index (Phi) is 5.14. The second kappa shape index (κ2) is 6.85. The van der Waals surface area contributed by atoms with Crippen LogP contribution in [0.3, 0.4) is 0 Å². The molecule has 0 bridgehead atoms. The van der Waals surface area contributed by atoms with Crippen LogP contribution >= 0.6 is 23.8 Å². The van der Waals surface area contributed by atoms with Gasteiger partial charge in [0.2, 0.25) is 0 Å². The third-order valence-corrected chi connectivity index (χ3v) is 3.75. The Morgan fingerprint density at radius 2 is 2.35 bits per heavy atom. The maximum absolute atomic E-state index is 7.61. The summed E-state index contributed by atoms with van der Waals surface area (Å²) < 4.78 is 0. The molecule has 1 aromatic rings. The van der Waals surface area contributed by atoms with Gasteiger partial charge in [0.05, 0.1) is 10.7 Å². The summed E-state index contributed by atoms with van der Waals surface area (Å²) in [4.78, 5) is 5.85. The van der Waals surface area contributed by atoms with Gasteiger partial charge in [0.25, 0.3) is 0 Å². The Hall–Kier alpha value is -1.40. The maximum atomic E-state index is 7.61. The quantitative estimate of drug-likeness (QED) is 0.440. The zero-order chi connectivity index (χ0) is 14.5. The average molecular weight is 312 g/mol. The Morgan fingerprint density at radius 1 is 1.60 bits per heavy atom. The highest BCUT2D eigenvalue weighted by atomic mass is 35.5. The van der Waals surface area contributed by atoms with Crippen molar-refractivity contribution in [3.8, 4) is 0 Å². The van der Waals surface area contributed by atoms with Crippen molar-refractivity contribution in [1.29, 1.82) is 5.41 Å². The zero-order valence-corrected chi connectivity index (χ0v) is 12.7. The lowest BCUT2D eigenvalue weighted by Gasteiger charge is -2.23. The molecule has 1 aliphatic carbocycles. The third-order valence-electron chi connectivity index (χ3n) is 3.07. The standard InChI is InChI=1S/C13H18ClN5S/c14-10-3-1-7-17-11(10)4-2-8-19(12(15)16)13(20)18-9-5-6-9/h1,3,7,9H,2,4-6,8H2,(H3,15,16)(H,18,20). The van der Waals surface area contributed by atoms with E-state index >= 15 is 0 Å². The van der Waals surface area contributed by atoms with Crippen LogP contribution in [0.2, 0.25) is 5.02 Å². The molecule has 0 atom stereocenters. The average Bonchev–Trinajstić information content (AvgIpc) is 3.19. The molecule has 0 aliphatic heterocycles. The largest absolute Gasteiger partial charge is 0.370 e. The normalized spacial score (nSPS) is 13.8. The molecule has 0 unspecified atom stereocenters. The van der Waals surface area contributed by atoms with E-state index in [1.165, 1.54) is 0 Å². The van der Waals surface area contributed by atoms with Crippen molar-refractivity contribution < 1.29 is 0 Å². The third kappa shape index (κ3) is 4.31. The lowest BCUT2D eigenvalue weighted by Crippen LogP contribution is -2.47. The molecule has 0 aromatic carbocycles. The summed E-state index contributed by atoms with van der Waals surface area (Å²) in [5.41, 5.74) is 6.44. The van der Waals surface area contributed by atoms with Crippen LogP contribution in [0.25, 0.3) is 0 Å². The molecule has 2 rings (SSSR count). The first kappa shape index (κ1) is 15.0. The molecule has 0 spiro atoms. The van der Waals surface area contributed by atoms with Gasteiger partial charge in [-0.1, -0.05) is 11.6 Å². The predicted molar refractivity (Wildman–Crippen MR) is 84.9 cm³/mol. The van der Waals surface area contributed by atoms with Gasteiger partial charge in [0.15, 0.2) is 11.1 Å². The minimum atomic E-state index is -0.0322. The molecule has 1 fully saturated rings. The molecule has 20 heavy (non-hydrogen) atoms. The maximum Gasteiger partial charge on any atom is 0.194 e. The number of nitrogens with zero attached hydrogens (tertiary/aromatic N) is 2. The van der Waals surface area contributed by atoms with Crippen LogP contribution in [-0.4, -0.2) is 33.5 Å². The Labute approximate surface area is 129 Å². The van der Waals surface area contributed by atoms with E-state index in [4.69, 9.17) is 35.0 Å². The van der Waals surface area contributed by atoms with Crippen LogP contribution in [0.4, 0.5) is 0 Å². The second-order valence-corrected chi connectivity index (χ2v) is 5.59. The summed E-state index contributed by atoms with van der Waals surface area (Å²) in [5, 5.41) is 12.0. The van der Waals surface area contributed by atoms with Gasteiger partial charge in [0, 0.05) is 18.8 Å². The van der Waals surface area contributed by atoms with Crippen molar-refractivity contribution >= 4 is 34.9 Å². The van der Waals surface area contributed by atoms with Gasteiger partial charge >= 0.3 is 0 Å². The molecule has 108 valence electrons. The Bertz CT molecular complexity index is 503. The van der Waals surface area contributed by atoms with Crippen LogP contribution in [-0.2, 0) is 6.42 Å². The van der Waals surface area contributed by atoms with Crippen LogP contribution in [0, 0.1) is 5.41 Å². The van der Waals surface area contributed by atoms with Gasteiger partial charge in [-0.25, -0.2) is 0 Å². The van der Waals surface area contributed by atoms with Crippen molar-refractivity contribution in [3.63, 3.8) is 0 Å². The molecule has 1 heterocycles. The van der Waals surface area contributed by atoms with E-state index in [1.54, 1.807) is 11.1 Å². The number of thiocarbonyl (C=S) groups is 1. The monoisotopic (exact) mass is 311 g/mol. The van der Waals surface area contributed by atoms with Crippen molar-refractivity contribution in [2.24, 2.45) is 5.73 Å². The van der Waals surface area contributed by atoms with Gasteiger partial charge in [0.1, 0.15) is 0 Å². The number of pyridine rings is 1. The molecular formula is C13H18ClN5S. The van der Waals surface area contributed by atoms with Gasteiger partial charge < -0.3 is 11.1 Å². The van der Waals surface area contributed by atoms with Crippen molar-refractivity contribution in [2.45, 2.75) is 31.7 Å². The van der Waals surface area contributed by atoms with E-state index in [1.807, 2.05) is 12.1 Å².